The van der Waals surface area contributed by atoms with Gasteiger partial charge in [0.25, 0.3) is 0 Å². The van der Waals surface area contributed by atoms with Gasteiger partial charge >= 0.3 is 0 Å². The summed E-state index contributed by atoms with van der Waals surface area (Å²) in [5, 5.41) is 5.83. The van der Waals surface area contributed by atoms with Gasteiger partial charge in [-0.3, -0.25) is 9.38 Å². The summed E-state index contributed by atoms with van der Waals surface area (Å²) in [4.78, 5) is 27.9. The minimum absolute atomic E-state index is 0.859. The third kappa shape index (κ3) is 5.33. The van der Waals surface area contributed by atoms with Gasteiger partial charge in [-0.15, -0.1) is 0 Å². The van der Waals surface area contributed by atoms with Crippen LogP contribution in [0.4, 0.5) is 11.4 Å². The summed E-state index contributed by atoms with van der Waals surface area (Å²) >= 11 is 0. The molecule has 0 saturated heterocycles. The number of nitrogens with zero attached hydrogens (tertiary/aromatic N) is 7. The van der Waals surface area contributed by atoms with E-state index < -0.39 is 0 Å². The van der Waals surface area contributed by atoms with E-state index in [-0.39, 0.29) is 0 Å². The molecular weight excluding hydrogens is 663 g/mol. The lowest BCUT2D eigenvalue weighted by Crippen LogP contribution is -1.94. The molecule has 0 saturated carbocycles. The molecule has 2 aliphatic rings. The van der Waals surface area contributed by atoms with Crippen LogP contribution in [-0.2, 0) is 0 Å². The van der Waals surface area contributed by atoms with Crippen molar-refractivity contribution < 1.29 is 0 Å². The van der Waals surface area contributed by atoms with Gasteiger partial charge in [0.15, 0.2) is 23.8 Å². The Labute approximate surface area is 310 Å². The minimum atomic E-state index is 0.859. The third-order valence-corrected chi connectivity index (χ3v) is 9.74. The van der Waals surface area contributed by atoms with E-state index in [4.69, 9.17) is 15.0 Å². The molecule has 4 aromatic heterocycles. The molecule has 0 spiro atoms. The molecule has 54 heavy (non-hydrogen) atoms. The number of allylic oxidation sites excluding steroid dienone is 2. The largest absolute Gasteiger partial charge is 0.297 e. The molecule has 7 nitrogen and oxygen atoms in total. The average Bonchev–Trinajstić information content (AvgIpc) is 3.63. The number of para-hydroxylation sites is 2. The number of aromatic nitrogens is 5. The second-order valence-electron chi connectivity index (χ2n) is 13.2. The summed E-state index contributed by atoms with van der Waals surface area (Å²) < 4.78 is 2.10. The van der Waals surface area contributed by atoms with Crippen LogP contribution in [0.15, 0.2) is 156 Å². The maximum absolute atomic E-state index is 4.96. The van der Waals surface area contributed by atoms with Gasteiger partial charge in [0, 0.05) is 17.8 Å². The molecule has 0 radical (unpaired) electrons. The Kier molecular flexibility index (Phi) is 7.45. The lowest BCUT2D eigenvalue weighted by atomic mass is 10.0. The minimum Gasteiger partial charge on any atom is -0.297 e. The molecule has 12 rings (SSSR count). The Morgan fingerprint density at radius 3 is 1.74 bits per heavy atom. The average molecular weight is 692 g/mol. The number of pyridine rings is 2. The van der Waals surface area contributed by atoms with Crippen molar-refractivity contribution in [2.75, 3.05) is 0 Å². The molecule has 2 aliphatic heterocycles. The van der Waals surface area contributed by atoms with E-state index in [1.165, 1.54) is 38.2 Å². The predicted molar refractivity (Wildman–Crippen MR) is 223 cm³/mol. The van der Waals surface area contributed by atoms with Crippen LogP contribution in [0.3, 0.4) is 0 Å². The van der Waals surface area contributed by atoms with E-state index >= 15 is 0 Å². The van der Waals surface area contributed by atoms with Crippen molar-refractivity contribution in [3.05, 3.63) is 163 Å². The molecule has 0 N–H and O–H groups in total. The van der Waals surface area contributed by atoms with Crippen LogP contribution < -0.4 is 0 Å². The fourth-order valence-corrected chi connectivity index (χ4v) is 7.20. The lowest BCUT2D eigenvalue weighted by molar-refractivity contribution is 1.19. The van der Waals surface area contributed by atoms with Crippen molar-refractivity contribution in [1.29, 1.82) is 0 Å². The zero-order valence-corrected chi connectivity index (χ0v) is 29.1. The Balaban J connectivity index is 0.000000109. The van der Waals surface area contributed by atoms with Crippen molar-refractivity contribution in [3.8, 4) is 0 Å². The molecule has 10 aromatic rings. The molecule has 0 atom stereocenters. The van der Waals surface area contributed by atoms with Crippen LogP contribution in [0.25, 0.3) is 83.3 Å². The first-order valence-electron chi connectivity index (χ1n) is 17.7. The van der Waals surface area contributed by atoms with E-state index in [1.807, 2.05) is 91.0 Å². The summed E-state index contributed by atoms with van der Waals surface area (Å²) in [6, 6.07) is 41.0. The predicted octanol–water partition coefficient (Wildman–Crippen LogP) is 11.3. The number of imidazole rings is 1. The van der Waals surface area contributed by atoms with Gasteiger partial charge in [0.05, 0.1) is 34.0 Å². The number of aliphatic imine (C=N–C) groups is 2. The van der Waals surface area contributed by atoms with Gasteiger partial charge in [-0.1, -0.05) is 76.7 Å². The summed E-state index contributed by atoms with van der Waals surface area (Å²) in [5.74, 6) is 0. The number of rotatable bonds is 0. The monoisotopic (exact) mass is 691 g/mol. The Morgan fingerprint density at radius 1 is 0.500 bits per heavy atom. The van der Waals surface area contributed by atoms with Gasteiger partial charge in [-0.25, -0.2) is 15.0 Å². The molecule has 0 fully saturated rings. The molecule has 7 heteroatoms. The molecular formula is C47H29N7+2. The summed E-state index contributed by atoms with van der Waals surface area (Å²) in [5.41, 5.74) is 12.6. The molecule has 0 bridgehead atoms. The van der Waals surface area contributed by atoms with Crippen LogP contribution >= 0.6 is 0 Å². The zero-order chi connectivity index (χ0) is 36.0. The number of aryl methyl sites for hydroxylation is 1. The van der Waals surface area contributed by atoms with E-state index in [0.29, 0.717) is 0 Å². The Hall–Kier alpha value is -7.56. The Bertz CT molecular complexity index is 3140. The van der Waals surface area contributed by atoms with Gasteiger partial charge < -0.3 is 0 Å². The van der Waals surface area contributed by atoms with Crippen LogP contribution in [0, 0.1) is 6.92 Å². The first-order valence-corrected chi connectivity index (χ1v) is 17.7. The SMILES string of the molecule is Cc1ccc2nc3c4ncccc4c4nc5ccccc5nc4c3n2c1.[C+]1=Nc2c(ccc3ccccc23)C=C1.[C+]1=Nc2c(ccc3ccccc23)C=C1. The van der Waals surface area contributed by atoms with Crippen LogP contribution in [0.1, 0.15) is 16.7 Å². The first-order chi connectivity index (χ1) is 26.7. The topological polar surface area (TPSA) is 80.7 Å². The van der Waals surface area contributed by atoms with Gasteiger partial charge in [-0.05, 0) is 77.9 Å². The van der Waals surface area contributed by atoms with Crippen molar-refractivity contribution in [2.45, 2.75) is 6.92 Å². The standard InChI is InChI=1S/C21H13N5.2C13H8N/c1-12-8-9-16-25-19-17-13(5-4-10-22-17)18-20(21(19)26(16)11-12)24-15-7-3-2-6-14(15)23-18;2*1-2-6-12-10(4-1)7-8-11-5-3-9-14-13(11)12/h2-11H,1H3;2*1-8H/q;2*+1. The normalized spacial score (nSPS) is 12.3. The maximum atomic E-state index is 4.96. The second kappa shape index (κ2) is 12.9. The fraction of sp³-hybridized carbons (Fsp3) is 0.0213. The van der Waals surface area contributed by atoms with Crippen molar-refractivity contribution in [3.63, 3.8) is 0 Å². The van der Waals surface area contributed by atoms with Gasteiger partial charge in [0.2, 0.25) is 0 Å². The van der Waals surface area contributed by atoms with E-state index in [0.717, 1.165) is 61.0 Å². The quantitative estimate of drug-likeness (QED) is 0.0900. The molecule has 6 heterocycles. The highest BCUT2D eigenvalue weighted by molar-refractivity contribution is 6.21. The summed E-state index contributed by atoms with van der Waals surface area (Å²) in [6.07, 6.45) is 17.4. The lowest BCUT2D eigenvalue weighted by Gasteiger charge is -2.07. The zero-order valence-electron chi connectivity index (χ0n) is 29.1. The van der Waals surface area contributed by atoms with Crippen molar-refractivity contribution in [2.24, 2.45) is 9.98 Å². The third-order valence-electron chi connectivity index (χ3n) is 9.74. The molecule has 0 amide bonds. The van der Waals surface area contributed by atoms with Crippen LogP contribution in [0.5, 0.6) is 0 Å². The highest BCUT2D eigenvalue weighted by Gasteiger charge is 2.18. The molecule has 0 unspecified atom stereocenters. The fourth-order valence-electron chi connectivity index (χ4n) is 7.20. The van der Waals surface area contributed by atoms with Crippen molar-refractivity contribution in [1.82, 2.24) is 24.3 Å². The van der Waals surface area contributed by atoms with Crippen LogP contribution in [0.2, 0.25) is 0 Å². The summed E-state index contributed by atoms with van der Waals surface area (Å²) in [7, 11) is 0. The summed E-state index contributed by atoms with van der Waals surface area (Å²) in [6.45, 7) is 2.08. The van der Waals surface area contributed by atoms with E-state index in [1.54, 1.807) is 6.20 Å². The molecule has 250 valence electrons. The van der Waals surface area contributed by atoms with Crippen LogP contribution in [-0.4, -0.2) is 36.8 Å². The number of hydrogen-bond donors (Lipinski definition) is 0. The smallest absolute Gasteiger partial charge is 0.195 e. The van der Waals surface area contributed by atoms with Gasteiger partial charge in [-0.2, -0.15) is 0 Å². The van der Waals surface area contributed by atoms with Gasteiger partial charge in [0.1, 0.15) is 56.5 Å². The highest BCUT2D eigenvalue weighted by Crippen LogP contribution is 2.35. The maximum Gasteiger partial charge on any atom is 0.195 e. The molecule has 0 aliphatic carbocycles. The number of benzene rings is 6. The Morgan fingerprint density at radius 2 is 1.07 bits per heavy atom. The second-order valence-corrected chi connectivity index (χ2v) is 13.2. The highest BCUT2D eigenvalue weighted by atomic mass is 15.0. The molecule has 6 aromatic carbocycles. The van der Waals surface area contributed by atoms with E-state index in [2.05, 4.69) is 99.5 Å². The van der Waals surface area contributed by atoms with E-state index in [9.17, 15) is 0 Å². The number of hydrogen-bond acceptors (Lipinski definition) is 6. The first kappa shape index (κ1) is 31.2. The van der Waals surface area contributed by atoms with Crippen molar-refractivity contribution >= 4 is 107 Å². The number of fused-ring (bicyclic) bond motifs is 15.